The summed E-state index contributed by atoms with van der Waals surface area (Å²) in [5.74, 6) is 0.689. The van der Waals surface area contributed by atoms with Crippen LogP contribution in [0.2, 0.25) is 5.02 Å². The zero-order valence-electron chi connectivity index (χ0n) is 14.9. The first-order valence-electron chi connectivity index (χ1n) is 9.09. The number of hydrogen-bond donors (Lipinski definition) is 0. The van der Waals surface area contributed by atoms with Crippen molar-refractivity contribution >= 4 is 23.2 Å². The van der Waals surface area contributed by atoms with Crippen LogP contribution in [0.15, 0.2) is 48.7 Å². The lowest BCUT2D eigenvalue weighted by atomic mass is 9.90. The SMILES string of the molecule is Cc1nc2ccc(Cl)cn2c1C(=O)N1CCC(Cc2ccccc2)CC1. The molecule has 134 valence electrons. The highest BCUT2D eigenvalue weighted by molar-refractivity contribution is 6.30. The molecule has 2 aromatic heterocycles. The van der Waals surface area contributed by atoms with Crippen LogP contribution in [0.1, 0.15) is 34.6 Å². The fraction of sp³-hybridized carbons (Fsp3) is 0.333. The number of halogens is 1. The second kappa shape index (κ2) is 7.12. The highest BCUT2D eigenvalue weighted by Crippen LogP contribution is 2.24. The Kier molecular flexibility index (Phi) is 4.68. The van der Waals surface area contributed by atoms with E-state index in [4.69, 9.17) is 11.6 Å². The lowest BCUT2D eigenvalue weighted by molar-refractivity contribution is 0.0682. The summed E-state index contributed by atoms with van der Waals surface area (Å²) in [6, 6.07) is 14.2. The molecule has 4 nitrogen and oxygen atoms in total. The number of amides is 1. The molecule has 0 radical (unpaired) electrons. The quantitative estimate of drug-likeness (QED) is 0.688. The van der Waals surface area contributed by atoms with Gasteiger partial charge in [-0.15, -0.1) is 0 Å². The van der Waals surface area contributed by atoms with Crippen LogP contribution in [0, 0.1) is 12.8 Å². The largest absolute Gasteiger partial charge is 0.337 e. The van der Waals surface area contributed by atoms with Gasteiger partial charge in [0.1, 0.15) is 11.3 Å². The number of likely N-dealkylation sites (tertiary alicyclic amines) is 1. The van der Waals surface area contributed by atoms with Gasteiger partial charge in [0.2, 0.25) is 0 Å². The van der Waals surface area contributed by atoms with Gasteiger partial charge in [-0.1, -0.05) is 41.9 Å². The van der Waals surface area contributed by atoms with E-state index in [1.165, 1.54) is 5.56 Å². The number of aromatic nitrogens is 2. The Morgan fingerprint density at radius 1 is 1.15 bits per heavy atom. The maximum absolute atomic E-state index is 13.1. The molecule has 3 heterocycles. The number of nitrogens with zero attached hydrogens (tertiary/aromatic N) is 3. The summed E-state index contributed by atoms with van der Waals surface area (Å²) in [6.07, 6.45) is 4.94. The molecule has 1 fully saturated rings. The summed E-state index contributed by atoms with van der Waals surface area (Å²) >= 11 is 6.11. The molecule has 0 N–H and O–H groups in total. The van der Waals surface area contributed by atoms with Gasteiger partial charge in [0, 0.05) is 19.3 Å². The molecule has 1 aliphatic rings. The van der Waals surface area contributed by atoms with Gasteiger partial charge in [-0.2, -0.15) is 0 Å². The van der Waals surface area contributed by atoms with Gasteiger partial charge in [0.05, 0.1) is 10.7 Å². The van der Waals surface area contributed by atoms with Crippen molar-refractivity contribution in [3.63, 3.8) is 0 Å². The van der Waals surface area contributed by atoms with Crippen molar-refractivity contribution in [1.29, 1.82) is 0 Å². The molecular weight excluding hydrogens is 346 g/mol. The number of benzene rings is 1. The summed E-state index contributed by atoms with van der Waals surface area (Å²) in [5.41, 5.74) is 3.52. The Morgan fingerprint density at radius 3 is 2.62 bits per heavy atom. The third-order valence-corrected chi connectivity index (χ3v) is 5.45. The average Bonchev–Trinajstić information content (AvgIpc) is 2.97. The first-order chi connectivity index (χ1) is 12.6. The molecule has 0 saturated carbocycles. The van der Waals surface area contributed by atoms with E-state index in [0.29, 0.717) is 16.6 Å². The van der Waals surface area contributed by atoms with E-state index >= 15 is 0 Å². The maximum Gasteiger partial charge on any atom is 0.272 e. The summed E-state index contributed by atoms with van der Waals surface area (Å²) in [5, 5.41) is 0.602. The summed E-state index contributed by atoms with van der Waals surface area (Å²) < 4.78 is 1.82. The minimum atomic E-state index is 0.0513. The number of carbonyl (C=O) groups is 1. The summed E-state index contributed by atoms with van der Waals surface area (Å²) in [7, 11) is 0. The van der Waals surface area contributed by atoms with E-state index in [2.05, 4.69) is 35.3 Å². The normalized spacial score (nSPS) is 15.5. The van der Waals surface area contributed by atoms with Crippen molar-refractivity contribution < 1.29 is 4.79 Å². The molecule has 1 saturated heterocycles. The van der Waals surface area contributed by atoms with Crippen LogP contribution in [-0.2, 0) is 6.42 Å². The van der Waals surface area contributed by atoms with Gasteiger partial charge in [-0.3, -0.25) is 9.20 Å². The number of aryl methyl sites for hydroxylation is 1. The average molecular weight is 368 g/mol. The Morgan fingerprint density at radius 2 is 1.88 bits per heavy atom. The topological polar surface area (TPSA) is 37.6 Å². The molecule has 0 spiro atoms. The number of fused-ring (bicyclic) bond motifs is 1. The van der Waals surface area contributed by atoms with Gasteiger partial charge in [-0.05, 0) is 49.8 Å². The van der Waals surface area contributed by atoms with Crippen LogP contribution >= 0.6 is 11.6 Å². The second-order valence-electron chi connectivity index (χ2n) is 7.05. The molecule has 3 aromatic rings. The van der Waals surface area contributed by atoms with E-state index < -0.39 is 0 Å². The van der Waals surface area contributed by atoms with Crippen LogP contribution < -0.4 is 0 Å². The fourth-order valence-electron chi connectivity index (χ4n) is 3.83. The van der Waals surface area contributed by atoms with E-state index in [1.807, 2.05) is 22.3 Å². The van der Waals surface area contributed by atoms with E-state index in [0.717, 1.165) is 43.7 Å². The van der Waals surface area contributed by atoms with Crippen LogP contribution in [0.5, 0.6) is 0 Å². The number of rotatable bonds is 3. The van der Waals surface area contributed by atoms with Crippen molar-refractivity contribution in [3.05, 3.63) is 70.6 Å². The Balaban J connectivity index is 1.47. The van der Waals surface area contributed by atoms with Gasteiger partial charge in [0.25, 0.3) is 5.91 Å². The lowest BCUT2D eigenvalue weighted by Gasteiger charge is -2.32. The van der Waals surface area contributed by atoms with Crippen LogP contribution in [0.3, 0.4) is 0 Å². The molecule has 0 atom stereocenters. The van der Waals surface area contributed by atoms with Gasteiger partial charge in [0.15, 0.2) is 0 Å². The Labute approximate surface area is 158 Å². The lowest BCUT2D eigenvalue weighted by Crippen LogP contribution is -2.39. The van der Waals surface area contributed by atoms with Gasteiger partial charge >= 0.3 is 0 Å². The standard InChI is InChI=1S/C21H22ClN3O/c1-15-20(25-14-18(22)7-8-19(25)23-15)21(26)24-11-9-17(10-12-24)13-16-5-3-2-4-6-16/h2-8,14,17H,9-13H2,1H3. The Hall–Kier alpha value is -2.33. The van der Waals surface area contributed by atoms with Crippen molar-refractivity contribution in [3.8, 4) is 0 Å². The first-order valence-corrected chi connectivity index (χ1v) is 9.47. The Bertz CT molecular complexity index is 927. The molecule has 1 aliphatic heterocycles. The zero-order valence-corrected chi connectivity index (χ0v) is 15.6. The molecule has 0 aliphatic carbocycles. The van der Waals surface area contributed by atoms with E-state index in [1.54, 1.807) is 12.3 Å². The molecule has 5 heteroatoms. The van der Waals surface area contributed by atoms with Crippen molar-refractivity contribution in [1.82, 2.24) is 14.3 Å². The molecule has 1 amide bonds. The van der Waals surface area contributed by atoms with Crippen LogP contribution in [0.25, 0.3) is 5.65 Å². The zero-order chi connectivity index (χ0) is 18.1. The summed E-state index contributed by atoms with van der Waals surface area (Å²) in [4.78, 5) is 19.5. The number of carbonyl (C=O) groups excluding carboxylic acids is 1. The highest BCUT2D eigenvalue weighted by Gasteiger charge is 2.27. The predicted molar refractivity (Wildman–Crippen MR) is 104 cm³/mol. The molecule has 1 aromatic carbocycles. The predicted octanol–water partition coefficient (Wildman–Crippen LogP) is 4.39. The van der Waals surface area contributed by atoms with Crippen molar-refractivity contribution in [2.45, 2.75) is 26.2 Å². The van der Waals surface area contributed by atoms with E-state index in [-0.39, 0.29) is 5.91 Å². The second-order valence-corrected chi connectivity index (χ2v) is 7.48. The van der Waals surface area contributed by atoms with E-state index in [9.17, 15) is 4.79 Å². The monoisotopic (exact) mass is 367 g/mol. The minimum Gasteiger partial charge on any atom is -0.337 e. The number of hydrogen-bond acceptors (Lipinski definition) is 2. The van der Waals surface area contributed by atoms with Crippen molar-refractivity contribution in [2.75, 3.05) is 13.1 Å². The summed E-state index contributed by atoms with van der Waals surface area (Å²) in [6.45, 7) is 3.48. The smallest absolute Gasteiger partial charge is 0.272 e. The number of piperidine rings is 1. The van der Waals surface area contributed by atoms with Gasteiger partial charge in [-0.25, -0.2) is 4.98 Å². The number of pyridine rings is 1. The molecule has 0 bridgehead atoms. The van der Waals surface area contributed by atoms with Crippen LogP contribution in [0.4, 0.5) is 0 Å². The van der Waals surface area contributed by atoms with Crippen LogP contribution in [-0.4, -0.2) is 33.3 Å². The molecular formula is C21H22ClN3O. The highest BCUT2D eigenvalue weighted by atomic mass is 35.5. The molecule has 0 unspecified atom stereocenters. The molecule has 26 heavy (non-hydrogen) atoms. The van der Waals surface area contributed by atoms with Crippen molar-refractivity contribution in [2.24, 2.45) is 5.92 Å². The third kappa shape index (κ3) is 3.34. The minimum absolute atomic E-state index is 0.0513. The third-order valence-electron chi connectivity index (χ3n) is 5.23. The fourth-order valence-corrected chi connectivity index (χ4v) is 3.99. The maximum atomic E-state index is 13.1. The van der Waals surface area contributed by atoms with Gasteiger partial charge < -0.3 is 4.90 Å². The number of imidazole rings is 1. The first kappa shape index (κ1) is 17.1. The molecule has 4 rings (SSSR count).